The van der Waals surface area contributed by atoms with E-state index in [4.69, 9.17) is 5.73 Å². The number of primary amides is 1. The number of anilines is 1. The number of nitrogens with zero attached hydrogens (tertiary/aromatic N) is 5. The highest BCUT2D eigenvalue weighted by molar-refractivity contribution is 7.89. The Balaban J connectivity index is 1.52. The number of benzene rings is 1. The van der Waals surface area contributed by atoms with Crippen LogP contribution in [0.1, 0.15) is 41.3 Å². The number of rotatable bonds is 6. The summed E-state index contributed by atoms with van der Waals surface area (Å²) in [6.07, 6.45) is 2.47. The lowest BCUT2D eigenvalue weighted by atomic mass is 9.96. The van der Waals surface area contributed by atoms with Crippen LogP contribution < -0.4 is 10.6 Å². The van der Waals surface area contributed by atoms with Gasteiger partial charge in [0.05, 0.1) is 5.56 Å². The van der Waals surface area contributed by atoms with E-state index in [0.29, 0.717) is 58.7 Å². The van der Waals surface area contributed by atoms with Crippen molar-refractivity contribution in [2.75, 3.05) is 44.2 Å². The molecule has 2 aromatic rings. The third-order valence-electron chi connectivity index (χ3n) is 7.21. The quantitative estimate of drug-likeness (QED) is 0.637. The van der Waals surface area contributed by atoms with Crippen LogP contribution in [0.2, 0.25) is 0 Å². The molecule has 10 nitrogen and oxygen atoms in total. The zero-order valence-corrected chi connectivity index (χ0v) is 21.4. The molecule has 0 spiro atoms. The number of aryl methyl sites for hydroxylation is 2. The van der Waals surface area contributed by atoms with Crippen LogP contribution in [-0.2, 0) is 21.4 Å². The molecule has 0 saturated carbocycles. The van der Waals surface area contributed by atoms with E-state index >= 15 is 0 Å². The molecule has 2 fully saturated rings. The highest BCUT2D eigenvalue weighted by atomic mass is 32.2. The van der Waals surface area contributed by atoms with Gasteiger partial charge in [0, 0.05) is 63.6 Å². The Kier molecular flexibility index (Phi) is 7.18. The number of aromatic nitrogens is 2. The largest absolute Gasteiger partial charge is 0.369 e. The predicted molar refractivity (Wildman–Crippen MR) is 133 cm³/mol. The van der Waals surface area contributed by atoms with Crippen molar-refractivity contribution in [3.05, 3.63) is 41.1 Å². The lowest BCUT2D eigenvalue weighted by Gasteiger charge is -2.36. The summed E-state index contributed by atoms with van der Waals surface area (Å²) in [5.74, 6) is -0.992. The van der Waals surface area contributed by atoms with Gasteiger partial charge in [-0.25, -0.2) is 8.42 Å². The minimum absolute atomic E-state index is 0.0846. The molecule has 4 rings (SSSR count). The minimum atomic E-state index is -3.96. The van der Waals surface area contributed by atoms with Gasteiger partial charge in [0.2, 0.25) is 10.9 Å². The third-order valence-corrected chi connectivity index (χ3v) is 9.04. The Labute approximate surface area is 206 Å². The molecule has 1 aromatic carbocycles. The van der Waals surface area contributed by atoms with Crippen molar-refractivity contribution < 1.29 is 18.0 Å². The Morgan fingerprint density at radius 1 is 1.06 bits per heavy atom. The monoisotopic (exact) mass is 502 g/mol. The number of piperidine rings is 1. The van der Waals surface area contributed by atoms with Crippen LogP contribution in [0.3, 0.4) is 0 Å². The lowest BCUT2D eigenvalue weighted by Crippen LogP contribution is -2.49. The lowest BCUT2D eigenvalue weighted by molar-refractivity contribution is -0.123. The summed E-state index contributed by atoms with van der Waals surface area (Å²) >= 11 is 0. The van der Waals surface area contributed by atoms with Crippen molar-refractivity contribution in [2.45, 2.75) is 45.2 Å². The van der Waals surface area contributed by atoms with E-state index in [1.165, 1.54) is 26.3 Å². The molecule has 2 saturated heterocycles. The summed E-state index contributed by atoms with van der Waals surface area (Å²) in [5, 5.41) is 4.10. The van der Waals surface area contributed by atoms with E-state index < -0.39 is 10.0 Å². The van der Waals surface area contributed by atoms with Crippen LogP contribution >= 0.6 is 0 Å². The number of likely N-dealkylation sites (tertiary alicyclic amines) is 1. The molecule has 2 aliphatic rings. The number of nitrogens with two attached hydrogens (primary N) is 1. The highest BCUT2D eigenvalue weighted by Crippen LogP contribution is 2.27. The van der Waals surface area contributed by atoms with Gasteiger partial charge in [-0.2, -0.15) is 9.40 Å². The SMILES string of the molecule is CCn1cc(C(=O)N2CCC(C(N)=O)CC2)c(S(=O)(=O)N2CCN(c3cccc(C)c3C)CC2)n1. The molecule has 0 radical (unpaired) electrons. The zero-order valence-electron chi connectivity index (χ0n) is 20.6. The van der Waals surface area contributed by atoms with Gasteiger partial charge in [-0.15, -0.1) is 0 Å². The molecule has 2 aliphatic heterocycles. The number of sulfonamides is 1. The molecule has 0 unspecified atom stereocenters. The topological polar surface area (TPSA) is 122 Å². The molecule has 0 aliphatic carbocycles. The first-order valence-electron chi connectivity index (χ1n) is 12.1. The molecule has 2 N–H and O–H groups in total. The van der Waals surface area contributed by atoms with Gasteiger partial charge in [0.25, 0.3) is 15.9 Å². The summed E-state index contributed by atoms with van der Waals surface area (Å²) in [7, 11) is -3.96. The van der Waals surface area contributed by atoms with Crippen LogP contribution in [0.25, 0.3) is 0 Å². The molecule has 0 atom stereocenters. The van der Waals surface area contributed by atoms with Gasteiger partial charge in [-0.3, -0.25) is 14.3 Å². The molecule has 3 heterocycles. The van der Waals surface area contributed by atoms with E-state index in [2.05, 4.69) is 36.0 Å². The number of piperazine rings is 1. The van der Waals surface area contributed by atoms with E-state index in [9.17, 15) is 18.0 Å². The molecule has 1 aromatic heterocycles. The average molecular weight is 503 g/mol. The fourth-order valence-corrected chi connectivity index (χ4v) is 6.32. The minimum Gasteiger partial charge on any atom is -0.369 e. The number of carbonyl (C=O) groups excluding carboxylic acids is 2. The first-order valence-corrected chi connectivity index (χ1v) is 13.5. The fraction of sp³-hybridized carbons (Fsp3) is 0.542. The molecule has 2 amide bonds. The van der Waals surface area contributed by atoms with Crippen molar-refractivity contribution >= 4 is 27.5 Å². The van der Waals surface area contributed by atoms with Crippen LogP contribution in [0, 0.1) is 19.8 Å². The fourth-order valence-electron chi connectivity index (χ4n) is 4.81. The van der Waals surface area contributed by atoms with Gasteiger partial charge < -0.3 is 15.5 Å². The second-order valence-electron chi connectivity index (χ2n) is 9.28. The van der Waals surface area contributed by atoms with E-state index in [1.807, 2.05) is 13.0 Å². The summed E-state index contributed by atoms with van der Waals surface area (Å²) in [5.41, 5.74) is 9.00. The number of hydrogen-bond donors (Lipinski definition) is 1. The third kappa shape index (κ3) is 4.92. The molecule has 190 valence electrons. The molecule has 35 heavy (non-hydrogen) atoms. The molecule has 11 heteroatoms. The second kappa shape index (κ2) is 9.98. The number of hydrogen-bond acceptors (Lipinski definition) is 6. The standard InChI is InChI=1S/C24H34N6O4S/c1-4-29-16-20(24(32)28-10-8-19(9-11-28)22(25)31)23(26-29)35(33,34)30-14-12-27(13-15-30)21-7-5-6-17(2)18(21)3/h5-7,16,19H,4,8-15H2,1-3H3,(H2,25,31). The predicted octanol–water partition coefficient (Wildman–Crippen LogP) is 1.37. The van der Waals surface area contributed by atoms with E-state index in [1.54, 1.807) is 4.90 Å². The first-order chi connectivity index (χ1) is 16.6. The Morgan fingerprint density at radius 3 is 2.31 bits per heavy atom. The van der Waals surface area contributed by atoms with E-state index in [-0.39, 0.29) is 28.3 Å². The molecular formula is C24H34N6O4S. The van der Waals surface area contributed by atoms with E-state index in [0.717, 1.165) is 5.69 Å². The van der Waals surface area contributed by atoms with Gasteiger partial charge in [-0.05, 0) is 50.8 Å². The van der Waals surface area contributed by atoms with Crippen molar-refractivity contribution in [1.82, 2.24) is 19.0 Å². The maximum Gasteiger partial charge on any atom is 0.263 e. The maximum atomic E-state index is 13.6. The van der Waals surface area contributed by atoms with Crippen LogP contribution in [-0.4, -0.2) is 78.5 Å². The van der Waals surface area contributed by atoms with Crippen LogP contribution in [0.15, 0.2) is 29.4 Å². The van der Waals surface area contributed by atoms with Crippen LogP contribution in [0.5, 0.6) is 0 Å². The molecule has 0 bridgehead atoms. The summed E-state index contributed by atoms with van der Waals surface area (Å²) < 4.78 is 30.2. The summed E-state index contributed by atoms with van der Waals surface area (Å²) in [4.78, 5) is 28.6. The first kappa shape index (κ1) is 25.2. The Morgan fingerprint density at radius 2 is 1.71 bits per heavy atom. The number of amides is 2. The zero-order chi connectivity index (χ0) is 25.3. The van der Waals surface area contributed by atoms with Crippen molar-refractivity contribution in [3.63, 3.8) is 0 Å². The normalized spacial score (nSPS) is 18.1. The van der Waals surface area contributed by atoms with Gasteiger partial charge >= 0.3 is 0 Å². The van der Waals surface area contributed by atoms with Gasteiger partial charge in [0.15, 0.2) is 0 Å². The summed E-state index contributed by atoms with van der Waals surface area (Å²) in [6, 6.07) is 6.15. The van der Waals surface area contributed by atoms with Crippen molar-refractivity contribution in [3.8, 4) is 0 Å². The second-order valence-corrected chi connectivity index (χ2v) is 11.1. The van der Waals surface area contributed by atoms with Gasteiger partial charge in [-0.1, -0.05) is 12.1 Å². The van der Waals surface area contributed by atoms with Crippen molar-refractivity contribution in [2.24, 2.45) is 11.7 Å². The van der Waals surface area contributed by atoms with Crippen molar-refractivity contribution in [1.29, 1.82) is 0 Å². The smallest absolute Gasteiger partial charge is 0.263 e. The Bertz CT molecular complexity index is 1210. The summed E-state index contributed by atoms with van der Waals surface area (Å²) in [6.45, 7) is 8.89. The Hall–Kier alpha value is -2.92. The number of carbonyl (C=O) groups is 2. The highest BCUT2D eigenvalue weighted by Gasteiger charge is 2.37. The average Bonchev–Trinajstić information content (AvgIpc) is 3.31. The van der Waals surface area contributed by atoms with Gasteiger partial charge in [0.1, 0.15) is 0 Å². The molecular weight excluding hydrogens is 468 g/mol. The van der Waals surface area contributed by atoms with Crippen LogP contribution in [0.4, 0.5) is 5.69 Å². The maximum absolute atomic E-state index is 13.6.